The molecule has 9 heteroatoms. The molecule has 0 fully saturated rings. The highest BCUT2D eigenvalue weighted by atomic mass is 35.5. The van der Waals surface area contributed by atoms with Crippen molar-refractivity contribution in [3.63, 3.8) is 0 Å². The average molecular weight is 511 g/mol. The molecule has 3 aromatic rings. The predicted molar refractivity (Wildman–Crippen MR) is 136 cm³/mol. The predicted octanol–water partition coefficient (Wildman–Crippen LogP) is 4.49. The molecule has 0 aliphatic carbocycles. The van der Waals surface area contributed by atoms with E-state index >= 15 is 0 Å². The third-order valence-electron chi connectivity index (χ3n) is 4.72. The molecule has 0 heterocycles. The largest absolute Gasteiger partial charge is 0.379 e. The summed E-state index contributed by atoms with van der Waals surface area (Å²) in [4.78, 5) is 25.3. The Balaban J connectivity index is 1.82. The van der Waals surface area contributed by atoms with Crippen LogP contribution in [0.3, 0.4) is 0 Å². The van der Waals surface area contributed by atoms with Crippen LogP contribution in [-0.4, -0.2) is 26.8 Å². The number of rotatable bonds is 9. The fourth-order valence-corrected chi connectivity index (χ4v) is 4.07. The fourth-order valence-electron chi connectivity index (χ4n) is 2.92. The lowest BCUT2D eigenvalue weighted by atomic mass is 10.1. The molecule has 0 saturated carbocycles. The summed E-state index contributed by atoms with van der Waals surface area (Å²) in [5.41, 5.74) is 1.63. The van der Waals surface area contributed by atoms with Gasteiger partial charge in [-0.3, -0.25) is 9.59 Å². The second kappa shape index (κ2) is 11.5. The number of aryl methyl sites for hydroxylation is 1. The van der Waals surface area contributed by atoms with E-state index in [1.165, 1.54) is 42.5 Å². The molecule has 0 saturated heterocycles. The zero-order chi connectivity index (χ0) is 25.4. The van der Waals surface area contributed by atoms with Crippen LogP contribution in [0.5, 0.6) is 5.75 Å². The van der Waals surface area contributed by atoms with Crippen LogP contribution < -0.4 is 14.8 Å². The monoisotopic (exact) mass is 510 g/mol. The first-order chi connectivity index (χ1) is 16.7. The normalized spacial score (nSPS) is 11.4. The van der Waals surface area contributed by atoms with Gasteiger partial charge in [0, 0.05) is 6.54 Å². The quantitative estimate of drug-likeness (QED) is 0.251. The molecule has 35 heavy (non-hydrogen) atoms. The summed E-state index contributed by atoms with van der Waals surface area (Å²) in [6.07, 6.45) is 2.96. The van der Waals surface area contributed by atoms with Gasteiger partial charge in [-0.25, -0.2) is 0 Å². The number of nitrogens with one attached hydrogen (secondary N) is 2. The number of carbonyl (C=O) groups is 2. The van der Waals surface area contributed by atoms with E-state index in [1.807, 2.05) is 6.92 Å². The molecule has 0 spiro atoms. The highest BCUT2D eigenvalue weighted by Crippen LogP contribution is 2.21. The summed E-state index contributed by atoms with van der Waals surface area (Å²) in [5.74, 6) is -0.993. The second-order valence-electron chi connectivity index (χ2n) is 7.41. The lowest BCUT2D eigenvalue weighted by Gasteiger charge is -2.11. The van der Waals surface area contributed by atoms with Gasteiger partial charge in [0.25, 0.3) is 11.8 Å². The van der Waals surface area contributed by atoms with Crippen LogP contribution in [0, 0.1) is 6.92 Å². The van der Waals surface area contributed by atoms with Crippen LogP contribution in [0.1, 0.15) is 21.5 Å². The molecule has 180 valence electrons. The Hall–Kier alpha value is -3.88. The number of hydrogen-bond donors (Lipinski definition) is 2. The number of hydrogen-bond acceptors (Lipinski definition) is 5. The Morgan fingerprint density at radius 3 is 2.29 bits per heavy atom. The molecular formula is C26H23ClN2O5S. The molecule has 0 aliphatic heterocycles. The van der Waals surface area contributed by atoms with Gasteiger partial charge in [-0.1, -0.05) is 59.6 Å². The van der Waals surface area contributed by atoms with Crippen LogP contribution in [0.15, 0.2) is 96.0 Å². The molecule has 0 atom stereocenters. The van der Waals surface area contributed by atoms with Gasteiger partial charge < -0.3 is 14.8 Å². The lowest BCUT2D eigenvalue weighted by Crippen LogP contribution is -2.35. The van der Waals surface area contributed by atoms with E-state index in [9.17, 15) is 18.0 Å². The van der Waals surface area contributed by atoms with E-state index in [0.717, 1.165) is 5.56 Å². The van der Waals surface area contributed by atoms with Crippen molar-refractivity contribution in [2.75, 3.05) is 6.54 Å². The maximum atomic E-state index is 12.7. The van der Waals surface area contributed by atoms with Crippen LogP contribution in [0.4, 0.5) is 0 Å². The van der Waals surface area contributed by atoms with Crippen LogP contribution in [-0.2, 0) is 14.9 Å². The maximum absolute atomic E-state index is 12.7. The SMILES string of the molecule is C=CCNC(=O)/C(=C/c1ccc(OS(=O)(=O)c2ccc(C)cc2)cc1)NC(=O)c1ccccc1Cl. The minimum absolute atomic E-state index is 0.0299. The van der Waals surface area contributed by atoms with Crippen molar-refractivity contribution in [2.24, 2.45) is 0 Å². The maximum Gasteiger partial charge on any atom is 0.339 e. The molecular weight excluding hydrogens is 488 g/mol. The molecule has 0 bridgehead atoms. The minimum Gasteiger partial charge on any atom is -0.379 e. The second-order valence-corrected chi connectivity index (χ2v) is 9.36. The van der Waals surface area contributed by atoms with Crippen LogP contribution in [0.25, 0.3) is 6.08 Å². The Morgan fingerprint density at radius 1 is 1.00 bits per heavy atom. The van der Waals surface area contributed by atoms with Crippen molar-refractivity contribution in [3.8, 4) is 5.75 Å². The number of amides is 2. The molecule has 0 unspecified atom stereocenters. The highest BCUT2D eigenvalue weighted by Gasteiger charge is 2.18. The van der Waals surface area contributed by atoms with Gasteiger partial charge in [0.1, 0.15) is 16.3 Å². The standard InChI is InChI=1S/C26H23ClN2O5S/c1-3-16-28-26(31)24(29-25(30)22-6-4-5-7-23(22)27)17-19-10-12-20(13-11-19)34-35(32,33)21-14-8-18(2)9-15-21/h3-15,17H,1,16H2,2H3,(H,28,31)(H,29,30)/b24-17-. The summed E-state index contributed by atoms with van der Waals surface area (Å²) in [6, 6.07) is 18.8. The average Bonchev–Trinajstić information content (AvgIpc) is 2.83. The van der Waals surface area contributed by atoms with Crippen molar-refractivity contribution in [2.45, 2.75) is 11.8 Å². The molecule has 3 rings (SSSR count). The van der Waals surface area contributed by atoms with E-state index in [4.69, 9.17) is 15.8 Å². The van der Waals surface area contributed by atoms with E-state index in [-0.39, 0.29) is 33.5 Å². The van der Waals surface area contributed by atoms with Crippen LogP contribution >= 0.6 is 11.6 Å². The fraction of sp³-hybridized carbons (Fsp3) is 0.0769. The smallest absolute Gasteiger partial charge is 0.339 e. The van der Waals surface area contributed by atoms with Gasteiger partial charge in [-0.15, -0.1) is 6.58 Å². The first-order valence-electron chi connectivity index (χ1n) is 10.5. The summed E-state index contributed by atoms with van der Waals surface area (Å²) in [6.45, 7) is 5.61. The van der Waals surface area contributed by atoms with E-state index < -0.39 is 21.9 Å². The Morgan fingerprint density at radius 2 is 1.66 bits per heavy atom. The molecule has 0 aliphatic rings. The van der Waals surface area contributed by atoms with Crippen molar-refractivity contribution >= 4 is 39.6 Å². The summed E-state index contributed by atoms with van der Waals surface area (Å²) >= 11 is 6.09. The van der Waals surface area contributed by atoms with Crippen molar-refractivity contribution in [3.05, 3.63) is 113 Å². The highest BCUT2D eigenvalue weighted by molar-refractivity contribution is 7.87. The molecule has 0 radical (unpaired) electrons. The number of carbonyl (C=O) groups excluding carboxylic acids is 2. The summed E-state index contributed by atoms with van der Waals surface area (Å²) < 4.78 is 30.2. The third-order valence-corrected chi connectivity index (χ3v) is 6.32. The first kappa shape index (κ1) is 25.7. The van der Waals surface area contributed by atoms with Gasteiger partial charge in [0.15, 0.2) is 0 Å². The zero-order valence-corrected chi connectivity index (χ0v) is 20.4. The van der Waals surface area contributed by atoms with E-state index in [2.05, 4.69) is 17.2 Å². The Kier molecular flexibility index (Phi) is 8.46. The summed E-state index contributed by atoms with van der Waals surface area (Å²) in [5, 5.41) is 5.43. The number of halogens is 1. The van der Waals surface area contributed by atoms with E-state index in [1.54, 1.807) is 42.5 Å². The molecule has 7 nitrogen and oxygen atoms in total. The van der Waals surface area contributed by atoms with E-state index in [0.29, 0.717) is 5.56 Å². The van der Waals surface area contributed by atoms with Crippen molar-refractivity contribution < 1.29 is 22.2 Å². The van der Waals surface area contributed by atoms with Crippen molar-refractivity contribution in [1.82, 2.24) is 10.6 Å². The number of benzene rings is 3. The Labute approximate surface area is 209 Å². The van der Waals surface area contributed by atoms with Gasteiger partial charge >= 0.3 is 10.1 Å². The first-order valence-corrected chi connectivity index (χ1v) is 12.3. The topological polar surface area (TPSA) is 102 Å². The minimum atomic E-state index is -4.00. The van der Waals surface area contributed by atoms with Crippen molar-refractivity contribution in [1.29, 1.82) is 0 Å². The van der Waals surface area contributed by atoms with Gasteiger partial charge in [-0.2, -0.15) is 8.42 Å². The molecule has 2 N–H and O–H groups in total. The lowest BCUT2D eigenvalue weighted by molar-refractivity contribution is -0.117. The third kappa shape index (κ3) is 7.05. The molecule has 0 aromatic heterocycles. The van der Waals surface area contributed by atoms with Gasteiger partial charge in [0.2, 0.25) is 0 Å². The molecule has 2 amide bonds. The van der Waals surface area contributed by atoms with Crippen LogP contribution in [0.2, 0.25) is 5.02 Å². The zero-order valence-electron chi connectivity index (χ0n) is 18.8. The molecule has 3 aromatic carbocycles. The van der Waals surface area contributed by atoms with Gasteiger partial charge in [-0.05, 0) is 55.0 Å². The summed E-state index contributed by atoms with van der Waals surface area (Å²) in [7, 11) is -4.00. The Bertz CT molecular complexity index is 1370. The van der Waals surface area contributed by atoms with Gasteiger partial charge in [0.05, 0.1) is 10.6 Å².